The number of benzene rings is 1. The van der Waals surface area contributed by atoms with Crippen LogP contribution in [0.5, 0.6) is 0 Å². The van der Waals surface area contributed by atoms with Crippen LogP contribution in [0.25, 0.3) is 11.3 Å². The van der Waals surface area contributed by atoms with Crippen LogP contribution in [0, 0.1) is 11.7 Å². The van der Waals surface area contributed by atoms with E-state index < -0.39 is 6.29 Å². The second-order valence-corrected chi connectivity index (χ2v) is 4.85. The normalized spacial score (nSPS) is 12.2. The van der Waals surface area contributed by atoms with Crippen LogP contribution >= 0.6 is 12.2 Å². The van der Waals surface area contributed by atoms with E-state index in [4.69, 9.17) is 17.1 Å². The third-order valence-corrected chi connectivity index (χ3v) is 3.40. The van der Waals surface area contributed by atoms with Gasteiger partial charge >= 0.3 is 0 Å². The maximum Gasteiger partial charge on any atom is 0.290 e. The first-order valence-corrected chi connectivity index (χ1v) is 6.57. The number of hydrogen-bond donors (Lipinski definition) is 1. The molecular weight excluding hydrogens is 276 g/mol. The molecule has 0 fully saturated rings. The van der Waals surface area contributed by atoms with Gasteiger partial charge in [0, 0.05) is 19.5 Å². The Hall–Kier alpha value is -1.92. The highest BCUT2D eigenvalue weighted by Gasteiger charge is 2.15. The zero-order chi connectivity index (χ0) is 14.9. The van der Waals surface area contributed by atoms with Crippen molar-refractivity contribution in [1.29, 1.82) is 0 Å². The van der Waals surface area contributed by atoms with E-state index in [1.165, 1.54) is 6.92 Å². The largest absolute Gasteiger partial charge is 0.376 e. The van der Waals surface area contributed by atoms with E-state index in [0.29, 0.717) is 5.56 Å². The standard InChI is InChI=1S/C14H16N2O3S/c1-9-12(11-7-5-4-6-8-11)15(3)14(20)16(13(9)18)19-10(2)17/h4-8,10,17H,1-3H3. The SMILES string of the molecule is Cc1c(-c2ccccc2)n(C)c(=S)n(OC(C)O)c1=O. The summed E-state index contributed by atoms with van der Waals surface area (Å²) in [7, 11) is 1.76. The molecule has 20 heavy (non-hydrogen) atoms. The first-order chi connectivity index (χ1) is 9.43. The van der Waals surface area contributed by atoms with Crippen molar-refractivity contribution in [2.24, 2.45) is 7.05 Å². The number of aliphatic hydroxyl groups is 1. The summed E-state index contributed by atoms with van der Waals surface area (Å²) < 4.78 is 2.84. The molecule has 1 heterocycles. The molecule has 1 aromatic carbocycles. The average Bonchev–Trinajstić information content (AvgIpc) is 2.43. The molecule has 1 aromatic heterocycles. The topological polar surface area (TPSA) is 56.4 Å². The molecule has 0 saturated carbocycles. The van der Waals surface area contributed by atoms with Crippen molar-refractivity contribution < 1.29 is 9.94 Å². The number of hydrogen-bond acceptors (Lipinski definition) is 4. The molecule has 106 valence electrons. The molecule has 0 saturated heterocycles. The van der Waals surface area contributed by atoms with Gasteiger partial charge < -0.3 is 14.5 Å². The van der Waals surface area contributed by atoms with Gasteiger partial charge in [-0.05, 0) is 24.7 Å². The fourth-order valence-electron chi connectivity index (χ4n) is 2.08. The Balaban J connectivity index is 2.75. The number of rotatable bonds is 3. The molecule has 0 bridgehead atoms. The van der Waals surface area contributed by atoms with Crippen LogP contribution in [0.2, 0.25) is 0 Å². The van der Waals surface area contributed by atoms with E-state index in [1.54, 1.807) is 18.5 Å². The van der Waals surface area contributed by atoms with Gasteiger partial charge in [-0.1, -0.05) is 30.3 Å². The summed E-state index contributed by atoms with van der Waals surface area (Å²) in [6.07, 6.45) is -1.11. The Morgan fingerprint density at radius 3 is 2.45 bits per heavy atom. The minimum absolute atomic E-state index is 0.195. The Kier molecular flexibility index (Phi) is 4.06. The van der Waals surface area contributed by atoms with Gasteiger partial charge in [-0.3, -0.25) is 4.79 Å². The molecule has 0 spiro atoms. The second-order valence-electron chi connectivity index (χ2n) is 4.49. The molecule has 5 nitrogen and oxygen atoms in total. The van der Waals surface area contributed by atoms with Crippen molar-refractivity contribution >= 4 is 12.2 Å². The molecule has 6 heteroatoms. The van der Waals surface area contributed by atoms with E-state index in [2.05, 4.69) is 0 Å². The molecule has 0 aliphatic carbocycles. The lowest BCUT2D eigenvalue weighted by atomic mass is 10.1. The van der Waals surface area contributed by atoms with Crippen molar-refractivity contribution in [3.63, 3.8) is 0 Å². The van der Waals surface area contributed by atoms with Crippen LogP contribution in [0.15, 0.2) is 35.1 Å². The summed E-state index contributed by atoms with van der Waals surface area (Å²) >= 11 is 5.24. The first-order valence-electron chi connectivity index (χ1n) is 6.16. The van der Waals surface area contributed by atoms with Gasteiger partial charge in [0.25, 0.3) is 5.56 Å². The van der Waals surface area contributed by atoms with Gasteiger partial charge in [0.15, 0.2) is 0 Å². The molecule has 0 aliphatic heterocycles. The maximum absolute atomic E-state index is 12.3. The fourth-order valence-corrected chi connectivity index (χ4v) is 2.29. The molecule has 1 N–H and O–H groups in total. The Bertz CT molecular complexity index is 695. The molecule has 1 unspecified atom stereocenters. The quantitative estimate of drug-likeness (QED) is 0.690. The highest BCUT2D eigenvalue weighted by molar-refractivity contribution is 7.71. The lowest BCUT2D eigenvalue weighted by Crippen LogP contribution is -2.36. The molecular formula is C14H16N2O3S. The van der Waals surface area contributed by atoms with Crippen molar-refractivity contribution in [2.45, 2.75) is 20.1 Å². The van der Waals surface area contributed by atoms with Crippen LogP contribution in [0.1, 0.15) is 12.5 Å². The van der Waals surface area contributed by atoms with Crippen LogP contribution in [-0.2, 0) is 7.05 Å². The monoisotopic (exact) mass is 292 g/mol. The van der Waals surface area contributed by atoms with Gasteiger partial charge in [0.05, 0.1) is 5.69 Å². The maximum atomic E-state index is 12.3. The van der Waals surface area contributed by atoms with Gasteiger partial charge in [0.1, 0.15) is 0 Å². The number of nitrogens with zero attached hydrogens (tertiary/aromatic N) is 2. The highest BCUT2D eigenvalue weighted by Crippen LogP contribution is 2.20. The average molecular weight is 292 g/mol. The third-order valence-electron chi connectivity index (χ3n) is 2.96. The predicted octanol–water partition coefficient (Wildman–Crippen LogP) is 1.66. The van der Waals surface area contributed by atoms with E-state index >= 15 is 0 Å². The summed E-state index contributed by atoms with van der Waals surface area (Å²) in [6.45, 7) is 3.13. The summed E-state index contributed by atoms with van der Waals surface area (Å²) in [4.78, 5) is 17.4. The zero-order valence-electron chi connectivity index (χ0n) is 11.5. The van der Waals surface area contributed by atoms with Gasteiger partial charge in [0.2, 0.25) is 11.1 Å². The molecule has 0 aliphatic rings. The molecule has 1 atom stereocenters. The Morgan fingerprint density at radius 2 is 1.90 bits per heavy atom. The summed E-state index contributed by atoms with van der Waals surface area (Å²) in [5.74, 6) is 0. The minimum atomic E-state index is -1.11. The second kappa shape index (κ2) is 5.60. The van der Waals surface area contributed by atoms with Crippen LogP contribution in [0.4, 0.5) is 0 Å². The molecule has 0 amide bonds. The Morgan fingerprint density at radius 1 is 1.30 bits per heavy atom. The van der Waals surface area contributed by atoms with Crippen molar-refractivity contribution in [3.05, 3.63) is 51.0 Å². The predicted molar refractivity (Wildman–Crippen MR) is 78.9 cm³/mol. The smallest absolute Gasteiger partial charge is 0.290 e. The van der Waals surface area contributed by atoms with Gasteiger partial charge in [-0.2, -0.15) is 0 Å². The lowest BCUT2D eigenvalue weighted by molar-refractivity contribution is -0.0974. The summed E-state index contributed by atoms with van der Waals surface area (Å²) in [5, 5.41) is 9.29. The van der Waals surface area contributed by atoms with E-state index in [1.807, 2.05) is 30.3 Å². The zero-order valence-corrected chi connectivity index (χ0v) is 12.3. The number of aliphatic hydroxyl groups excluding tert-OH is 1. The van der Waals surface area contributed by atoms with Crippen LogP contribution in [-0.4, -0.2) is 20.7 Å². The number of aromatic nitrogens is 2. The van der Waals surface area contributed by atoms with Crippen molar-refractivity contribution in [3.8, 4) is 11.3 Å². The van der Waals surface area contributed by atoms with E-state index in [0.717, 1.165) is 16.0 Å². The third kappa shape index (κ3) is 2.52. The minimum Gasteiger partial charge on any atom is -0.376 e. The van der Waals surface area contributed by atoms with Gasteiger partial charge in [-0.25, -0.2) is 0 Å². The summed E-state index contributed by atoms with van der Waals surface area (Å²) in [5.41, 5.74) is 1.78. The van der Waals surface area contributed by atoms with Crippen LogP contribution < -0.4 is 10.4 Å². The highest BCUT2D eigenvalue weighted by atomic mass is 32.1. The van der Waals surface area contributed by atoms with E-state index in [9.17, 15) is 9.90 Å². The molecule has 2 aromatic rings. The van der Waals surface area contributed by atoms with Gasteiger partial charge in [-0.15, -0.1) is 4.73 Å². The first kappa shape index (κ1) is 14.5. The Labute approximate surface area is 121 Å². The summed E-state index contributed by atoms with van der Waals surface area (Å²) in [6, 6.07) is 9.53. The van der Waals surface area contributed by atoms with Crippen LogP contribution in [0.3, 0.4) is 0 Å². The molecule has 0 radical (unpaired) electrons. The fraction of sp³-hybridized carbons (Fsp3) is 0.286. The molecule has 2 rings (SSSR count). The van der Waals surface area contributed by atoms with E-state index in [-0.39, 0.29) is 10.3 Å². The lowest BCUT2D eigenvalue weighted by Gasteiger charge is -2.17. The van der Waals surface area contributed by atoms with Crippen molar-refractivity contribution in [1.82, 2.24) is 9.30 Å². The van der Waals surface area contributed by atoms with Crippen molar-refractivity contribution in [2.75, 3.05) is 0 Å².